The van der Waals surface area contributed by atoms with Crippen LogP contribution < -0.4 is 14.4 Å². The van der Waals surface area contributed by atoms with E-state index in [2.05, 4.69) is 25.5 Å². The number of nitrogens with zero attached hydrogens (tertiary/aromatic N) is 1. The van der Waals surface area contributed by atoms with Crippen LogP contribution in [0.3, 0.4) is 0 Å². The van der Waals surface area contributed by atoms with E-state index in [1.165, 1.54) is 25.3 Å². The number of carbonyl (C=O) groups is 2. The standard InChI is InChI=1S/C21H24N2O5S/c1-21(2,3)14-5-7-15(8-6-14)22-29(26,27)18-13-16(9-10-17(18)28-4)23-19(24)11-12-20(23)25/h5-10,13,22H,11-12H2,1-4H3. The maximum absolute atomic E-state index is 13.0. The molecule has 1 aliphatic rings. The molecule has 0 radical (unpaired) electrons. The molecule has 2 aromatic carbocycles. The van der Waals surface area contributed by atoms with Gasteiger partial charge in [0.2, 0.25) is 11.8 Å². The van der Waals surface area contributed by atoms with Crippen LogP contribution in [0, 0.1) is 0 Å². The molecule has 154 valence electrons. The molecule has 0 unspecified atom stereocenters. The van der Waals surface area contributed by atoms with Crippen LogP contribution in [0.25, 0.3) is 0 Å². The number of sulfonamides is 1. The van der Waals surface area contributed by atoms with Crippen LogP contribution in [-0.4, -0.2) is 27.3 Å². The van der Waals surface area contributed by atoms with Crippen LogP contribution in [0.15, 0.2) is 47.4 Å². The predicted octanol–water partition coefficient (Wildman–Crippen LogP) is 3.45. The van der Waals surface area contributed by atoms with E-state index in [1.54, 1.807) is 12.1 Å². The summed E-state index contributed by atoms with van der Waals surface area (Å²) >= 11 is 0. The summed E-state index contributed by atoms with van der Waals surface area (Å²) in [7, 11) is -2.66. The summed E-state index contributed by atoms with van der Waals surface area (Å²) in [6.07, 6.45) is 0.233. The number of carbonyl (C=O) groups excluding carboxylic acids is 2. The first kappa shape index (κ1) is 20.9. The van der Waals surface area contributed by atoms with Gasteiger partial charge in [0.15, 0.2) is 0 Å². The number of nitrogens with one attached hydrogen (secondary N) is 1. The average Bonchev–Trinajstić information content (AvgIpc) is 2.99. The van der Waals surface area contributed by atoms with Crippen LogP contribution in [-0.2, 0) is 25.0 Å². The van der Waals surface area contributed by atoms with Crippen molar-refractivity contribution in [2.45, 2.75) is 43.9 Å². The van der Waals surface area contributed by atoms with Gasteiger partial charge in [0.25, 0.3) is 10.0 Å². The highest BCUT2D eigenvalue weighted by molar-refractivity contribution is 7.92. The van der Waals surface area contributed by atoms with E-state index < -0.39 is 10.0 Å². The normalized spacial score (nSPS) is 15.0. The Morgan fingerprint density at radius 1 is 0.966 bits per heavy atom. The maximum atomic E-state index is 13.0. The molecule has 2 aromatic rings. The van der Waals surface area contributed by atoms with Gasteiger partial charge in [0.1, 0.15) is 10.6 Å². The van der Waals surface area contributed by atoms with Crippen molar-refractivity contribution in [1.29, 1.82) is 0 Å². The van der Waals surface area contributed by atoms with Crippen LogP contribution >= 0.6 is 0 Å². The van der Waals surface area contributed by atoms with E-state index in [4.69, 9.17) is 4.74 Å². The smallest absolute Gasteiger partial charge is 0.265 e. The molecule has 1 fully saturated rings. The number of hydrogen-bond donors (Lipinski definition) is 1. The fraction of sp³-hybridized carbons (Fsp3) is 0.333. The van der Waals surface area contributed by atoms with Crippen molar-refractivity contribution in [2.24, 2.45) is 0 Å². The zero-order valence-corrected chi connectivity index (χ0v) is 17.7. The second-order valence-electron chi connectivity index (χ2n) is 7.89. The Balaban J connectivity index is 1.96. The molecular weight excluding hydrogens is 392 g/mol. The molecule has 3 rings (SSSR count). The van der Waals surface area contributed by atoms with Crippen molar-refractivity contribution in [3.8, 4) is 5.75 Å². The molecule has 0 spiro atoms. The third-order valence-electron chi connectivity index (χ3n) is 4.75. The van der Waals surface area contributed by atoms with Gasteiger partial charge < -0.3 is 4.74 Å². The van der Waals surface area contributed by atoms with Gasteiger partial charge >= 0.3 is 0 Å². The molecule has 0 saturated carbocycles. The quantitative estimate of drug-likeness (QED) is 0.754. The van der Waals surface area contributed by atoms with Gasteiger partial charge in [0.05, 0.1) is 12.8 Å². The molecule has 0 bridgehead atoms. The Bertz CT molecular complexity index is 1040. The highest BCUT2D eigenvalue weighted by Gasteiger charge is 2.32. The third-order valence-corrected chi connectivity index (χ3v) is 6.15. The summed E-state index contributed by atoms with van der Waals surface area (Å²) in [5.74, 6) is -0.588. The molecule has 0 aromatic heterocycles. The average molecular weight is 416 g/mol. The summed E-state index contributed by atoms with van der Waals surface area (Å²) < 4.78 is 33.8. The lowest BCUT2D eigenvalue weighted by Gasteiger charge is -2.20. The minimum absolute atomic E-state index is 0.0518. The largest absolute Gasteiger partial charge is 0.495 e. The SMILES string of the molecule is COc1ccc(N2C(=O)CCC2=O)cc1S(=O)(=O)Nc1ccc(C(C)(C)C)cc1. The first-order chi connectivity index (χ1) is 13.5. The van der Waals surface area contributed by atoms with Crippen molar-refractivity contribution in [3.63, 3.8) is 0 Å². The maximum Gasteiger partial charge on any atom is 0.265 e. The minimum atomic E-state index is -4.02. The molecule has 0 aliphatic carbocycles. The van der Waals surface area contributed by atoms with Crippen LogP contribution in [0.5, 0.6) is 5.75 Å². The van der Waals surface area contributed by atoms with Crippen molar-refractivity contribution >= 4 is 33.2 Å². The van der Waals surface area contributed by atoms with E-state index in [-0.39, 0.29) is 46.4 Å². The van der Waals surface area contributed by atoms with E-state index in [0.717, 1.165) is 10.5 Å². The summed E-state index contributed by atoms with van der Waals surface area (Å²) in [5, 5.41) is 0. The van der Waals surface area contributed by atoms with Crippen molar-refractivity contribution in [1.82, 2.24) is 0 Å². The topological polar surface area (TPSA) is 92.8 Å². The van der Waals surface area contributed by atoms with Gasteiger partial charge in [0, 0.05) is 18.5 Å². The van der Waals surface area contributed by atoms with Crippen molar-refractivity contribution in [2.75, 3.05) is 16.7 Å². The number of imide groups is 1. The fourth-order valence-corrected chi connectivity index (χ4v) is 4.38. The number of rotatable bonds is 5. The number of hydrogen-bond acceptors (Lipinski definition) is 5. The summed E-state index contributed by atoms with van der Waals surface area (Å²) in [6, 6.07) is 11.3. The molecule has 1 N–H and O–H groups in total. The summed E-state index contributed by atoms with van der Waals surface area (Å²) in [6.45, 7) is 6.22. The Morgan fingerprint density at radius 3 is 2.07 bits per heavy atom. The number of methoxy groups -OCH3 is 1. The van der Waals surface area contributed by atoms with Gasteiger partial charge in [-0.3, -0.25) is 19.2 Å². The lowest BCUT2D eigenvalue weighted by atomic mass is 9.87. The Morgan fingerprint density at radius 2 is 1.55 bits per heavy atom. The molecule has 2 amide bonds. The Hall–Kier alpha value is -2.87. The van der Waals surface area contributed by atoms with Crippen LogP contribution in [0.4, 0.5) is 11.4 Å². The highest BCUT2D eigenvalue weighted by atomic mass is 32.2. The lowest BCUT2D eigenvalue weighted by molar-refractivity contribution is -0.121. The van der Waals surface area contributed by atoms with E-state index in [0.29, 0.717) is 5.69 Å². The molecule has 1 aliphatic heterocycles. The van der Waals surface area contributed by atoms with E-state index in [1.807, 2.05) is 12.1 Å². The van der Waals surface area contributed by atoms with Gasteiger partial charge in [-0.2, -0.15) is 0 Å². The zero-order valence-electron chi connectivity index (χ0n) is 16.9. The van der Waals surface area contributed by atoms with E-state index in [9.17, 15) is 18.0 Å². The van der Waals surface area contributed by atoms with Gasteiger partial charge in [-0.25, -0.2) is 8.42 Å². The molecule has 0 atom stereocenters. The van der Waals surface area contributed by atoms with Crippen molar-refractivity contribution < 1.29 is 22.7 Å². The molecule has 7 nitrogen and oxygen atoms in total. The molecular formula is C21H24N2O5S. The second-order valence-corrected chi connectivity index (χ2v) is 9.54. The highest BCUT2D eigenvalue weighted by Crippen LogP contribution is 2.33. The van der Waals surface area contributed by atoms with Gasteiger partial charge in [-0.05, 0) is 41.3 Å². The zero-order chi connectivity index (χ0) is 21.4. The predicted molar refractivity (Wildman–Crippen MR) is 111 cm³/mol. The summed E-state index contributed by atoms with van der Waals surface area (Å²) in [5.41, 5.74) is 1.63. The van der Waals surface area contributed by atoms with Crippen LogP contribution in [0.2, 0.25) is 0 Å². The Kier molecular flexibility index (Phi) is 5.40. The molecule has 8 heteroatoms. The summed E-state index contributed by atoms with van der Waals surface area (Å²) in [4.78, 5) is 24.9. The first-order valence-corrected chi connectivity index (χ1v) is 10.7. The van der Waals surface area contributed by atoms with E-state index >= 15 is 0 Å². The van der Waals surface area contributed by atoms with Gasteiger partial charge in [-0.1, -0.05) is 32.9 Å². The number of anilines is 2. The first-order valence-electron chi connectivity index (χ1n) is 9.20. The second kappa shape index (κ2) is 7.51. The molecule has 29 heavy (non-hydrogen) atoms. The molecule has 1 saturated heterocycles. The van der Waals surface area contributed by atoms with Crippen LogP contribution in [0.1, 0.15) is 39.2 Å². The minimum Gasteiger partial charge on any atom is -0.495 e. The number of benzene rings is 2. The lowest BCUT2D eigenvalue weighted by Crippen LogP contribution is -2.28. The van der Waals surface area contributed by atoms with Crippen molar-refractivity contribution in [3.05, 3.63) is 48.0 Å². The Labute approximate surface area is 170 Å². The number of ether oxygens (including phenoxy) is 1. The molecule has 1 heterocycles. The fourth-order valence-electron chi connectivity index (χ4n) is 3.13. The monoisotopic (exact) mass is 416 g/mol. The number of amides is 2. The third kappa shape index (κ3) is 4.27. The van der Waals surface area contributed by atoms with Gasteiger partial charge in [-0.15, -0.1) is 0 Å².